The molecule has 0 aliphatic carbocycles. The van der Waals surface area contributed by atoms with E-state index in [9.17, 15) is 4.79 Å². The Kier molecular flexibility index (Phi) is 21.2. The molecular weight excluding hydrogens is 252 g/mol. The monoisotopic (exact) mass is 280 g/mol. The quantitative estimate of drug-likeness (QED) is 0.402. The Labute approximate surface area is 115 Å². The Morgan fingerprint density at radius 1 is 1.05 bits per heavy atom. The number of hydrogen-bond acceptors (Lipinski definition) is 6. The topological polar surface area (TPSA) is 103 Å². The Hall–Kier alpha value is -0.730. The average Bonchev–Trinajstić information content (AvgIpc) is 2.41. The average molecular weight is 280 g/mol. The first-order valence-corrected chi connectivity index (χ1v) is 6.46. The smallest absolute Gasteiger partial charge is 0.217 e. The van der Waals surface area contributed by atoms with E-state index in [0.29, 0.717) is 46.1 Å². The molecule has 7 heteroatoms. The number of aliphatic hydroxyl groups is 1. The van der Waals surface area contributed by atoms with Crippen molar-refractivity contribution in [3.8, 4) is 0 Å². The molecule has 1 amide bonds. The van der Waals surface area contributed by atoms with Crippen LogP contribution in [0.2, 0.25) is 0 Å². The predicted molar refractivity (Wildman–Crippen MR) is 73.0 cm³/mol. The normalized spacial score (nSPS) is 9.84. The molecule has 0 fully saturated rings. The van der Waals surface area contributed by atoms with Gasteiger partial charge in [0.15, 0.2) is 0 Å². The number of nitrogens with two attached hydrogens (primary N) is 1. The van der Waals surface area contributed by atoms with Crippen LogP contribution in [0.5, 0.6) is 0 Å². The van der Waals surface area contributed by atoms with Crippen molar-refractivity contribution in [3.63, 3.8) is 0 Å². The zero-order valence-electron chi connectivity index (χ0n) is 12.0. The Balaban J connectivity index is 0. The zero-order valence-corrected chi connectivity index (χ0v) is 12.0. The summed E-state index contributed by atoms with van der Waals surface area (Å²) in [5.41, 5.74) is 4.65. The van der Waals surface area contributed by atoms with Crippen LogP contribution < -0.4 is 11.1 Å². The van der Waals surface area contributed by atoms with Gasteiger partial charge < -0.3 is 30.4 Å². The van der Waals surface area contributed by atoms with Gasteiger partial charge in [-0.1, -0.05) is 6.92 Å². The van der Waals surface area contributed by atoms with Crippen molar-refractivity contribution in [1.29, 1.82) is 0 Å². The SMILES string of the molecule is CCC(N)=O.CNCCOCCOCCOCCO. The number of carbonyl (C=O) groups is 1. The lowest BCUT2D eigenvalue weighted by Crippen LogP contribution is -2.16. The molecule has 0 spiro atoms. The van der Waals surface area contributed by atoms with Crippen molar-refractivity contribution < 1.29 is 24.1 Å². The molecule has 0 aromatic heterocycles. The third-order valence-corrected chi connectivity index (χ3v) is 1.82. The molecule has 19 heavy (non-hydrogen) atoms. The van der Waals surface area contributed by atoms with E-state index in [1.165, 1.54) is 0 Å². The maximum atomic E-state index is 9.59. The largest absolute Gasteiger partial charge is 0.394 e. The Bertz CT molecular complexity index is 170. The highest BCUT2D eigenvalue weighted by atomic mass is 16.5. The Morgan fingerprint density at radius 2 is 1.47 bits per heavy atom. The first-order valence-electron chi connectivity index (χ1n) is 6.46. The molecule has 0 unspecified atom stereocenters. The van der Waals surface area contributed by atoms with E-state index in [0.717, 1.165) is 6.54 Å². The molecule has 0 rings (SSSR count). The van der Waals surface area contributed by atoms with Crippen LogP contribution in [0.15, 0.2) is 0 Å². The molecule has 0 aromatic carbocycles. The van der Waals surface area contributed by atoms with Crippen molar-refractivity contribution in [1.82, 2.24) is 5.32 Å². The lowest BCUT2D eigenvalue weighted by molar-refractivity contribution is -0.117. The maximum Gasteiger partial charge on any atom is 0.217 e. The fraction of sp³-hybridized carbons (Fsp3) is 0.917. The number of ether oxygens (including phenoxy) is 3. The first-order chi connectivity index (χ1) is 9.18. The first kappa shape index (κ1) is 20.6. The van der Waals surface area contributed by atoms with Crippen LogP contribution in [-0.4, -0.2) is 70.9 Å². The van der Waals surface area contributed by atoms with E-state index in [2.05, 4.69) is 11.1 Å². The van der Waals surface area contributed by atoms with Crippen LogP contribution in [0.4, 0.5) is 0 Å². The number of carbonyl (C=O) groups excluding carboxylic acids is 1. The van der Waals surface area contributed by atoms with Crippen LogP contribution in [0.1, 0.15) is 13.3 Å². The molecule has 116 valence electrons. The fourth-order valence-electron chi connectivity index (χ4n) is 0.781. The minimum absolute atomic E-state index is 0.0626. The number of nitrogens with one attached hydrogen (secondary N) is 1. The molecule has 0 saturated carbocycles. The Morgan fingerprint density at radius 3 is 1.84 bits per heavy atom. The van der Waals surface area contributed by atoms with Crippen molar-refractivity contribution in [2.45, 2.75) is 13.3 Å². The van der Waals surface area contributed by atoms with Crippen molar-refractivity contribution >= 4 is 5.91 Å². The number of primary amides is 1. The zero-order chi connectivity index (χ0) is 14.8. The van der Waals surface area contributed by atoms with Crippen LogP contribution in [0.25, 0.3) is 0 Å². The predicted octanol–water partition coefficient (Wildman–Crippen LogP) is -0.870. The van der Waals surface area contributed by atoms with Gasteiger partial charge in [-0.2, -0.15) is 0 Å². The van der Waals surface area contributed by atoms with Crippen molar-refractivity contribution in [3.05, 3.63) is 0 Å². The molecule has 4 N–H and O–H groups in total. The summed E-state index contributed by atoms with van der Waals surface area (Å²) < 4.78 is 15.4. The molecule has 0 atom stereocenters. The lowest BCUT2D eigenvalue weighted by atomic mass is 10.5. The summed E-state index contributed by atoms with van der Waals surface area (Å²) in [6.45, 7) is 6.01. The minimum atomic E-state index is -0.245. The number of hydrogen-bond donors (Lipinski definition) is 3. The standard InChI is InChI=1S/C9H21NO4.C3H7NO/c1-10-2-4-12-6-8-14-9-7-13-5-3-11;1-2-3(4)5/h10-11H,2-9H2,1H3;2H2,1H3,(H2,4,5). The van der Waals surface area contributed by atoms with E-state index in [4.69, 9.17) is 19.3 Å². The summed E-state index contributed by atoms with van der Waals surface area (Å²) in [4.78, 5) is 9.59. The third-order valence-electron chi connectivity index (χ3n) is 1.82. The summed E-state index contributed by atoms with van der Waals surface area (Å²) >= 11 is 0. The summed E-state index contributed by atoms with van der Waals surface area (Å²) in [6, 6.07) is 0. The molecular formula is C12H28N2O5. The van der Waals surface area contributed by atoms with E-state index < -0.39 is 0 Å². The molecule has 0 radical (unpaired) electrons. The van der Waals surface area contributed by atoms with Crippen LogP contribution >= 0.6 is 0 Å². The second kappa shape index (κ2) is 19.6. The van der Waals surface area contributed by atoms with Crippen molar-refractivity contribution in [2.24, 2.45) is 5.73 Å². The number of aliphatic hydroxyl groups excluding tert-OH is 1. The fourth-order valence-corrected chi connectivity index (χ4v) is 0.781. The molecule has 0 aliphatic rings. The summed E-state index contributed by atoms with van der Waals surface area (Å²) in [6.07, 6.45) is 0.444. The van der Waals surface area contributed by atoms with Gasteiger partial charge in [0.2, 0.25) is 5.91 Å². The van der Waals surface area contributed by atoms with E-state index >= 15 is 0 Å². The third kappa shape index (κ3) is 26.7. The second-order valence-corrected chi connectivity index (χ2v) is 3.48. The highest BCUT2D eigenvalue weighted by Crippen LogP contribution is 1.80. The van der Waals surface area contributed by atoms with Crippen LogP contribution in [0.3, 0.4) is 0 Å². The van der Waals surface area contributed by atoms with Gasteiger partial charge in [0.05, 0.1) is 46.2 Å². The van der Waals surface area contributed by atoms with E-state index in [1.54, 1.807) is 6.92 Å². The van der Waals surface area contributed by atoms with Gasteiger partial charge in [-0.05, 0) is 7.05 Å². The molecule has 0 aliphatic heterocycles. The number of rotatable bonds is 12. The summed E-state index contributed by atoms with van der Waals surface area (Å²) in [7, 11) is 1.89. The highest BCUT2D eigenvalue weighted by molar-refractivity contribution is 5.73. The summed E-state index contributed by atoms with van der Waals surface area (Å²) in [5, 5.41) is 11.4. The molecule has 0 bridgehead atoms. The molecule has 7 nitrogen and oxygen atoms in total. The molecule has 0 saturated heterocycles. The van der Waals surface area contributed by atoms with Gasteiger partial charge in [0.25, 0.3) is 0 Å². The maximum absolute atomic E-state index is 9.59. The van der Waals surface area contributed by atoms with Gasteiger partial charge in [-0.25, -0.2) is 0 Å². The highest BCUT2D eigenvalue weighted by Gasteiger charge is 1.90. The molecule has 0 heterocycles. The van der Waals surface area contributed by atoms with Gasteiger partial charge in [-0.15, -0.1) is 0 Å². The van der Waals surface area contributed by atoms with Gasteiger partial charge >= 0.3 is 0 Å². The minimum Gasteiger partial charge on any atom is -0.394 e. The summed E-state index contributed by atoms with van der Waals surface area (Å²) in [5.74, 6) is -0.245. The lowest BCUT2D eigenvalue weighted by Gasteiger charge is -2.05. The van der Waals surface area contributed by atoms with Gasteiger partial charge in [0, 0.05) is 13.0 Å². The number of likely N-dealkylation sites (N-methyl/N-ethyl adjacent to an activating group) is 1. The van der Waals surface area contributed by atoms with Gasteiger partial charge in [0.1, 0.15) is 0 Å². The molecule has 0 aromatic rings. The van der Waals surface area contributed by atoms with E-state index in [1.807, 2.05) is 7.05 Å². The number of amides is 1. The van der Waals surface area contributed by atoms with E-state index in [-0.39, 0.29) is 12.5 Å². The van der Waals surface area contributed by atoms with Crippen LogP contribution in [0, 0.1) is 0 Å². The van der Waals surface area contributed by atoms with Gasteiger partial charge in [-0.3, -0.25) is 4.79 Å². The second-order valence-electron chi connectivity index (χ2n) is 3.48. The van der Waals surface area contributed by atoms with Crippen LogP contribution in [-0.2, 0) is 19.0 Å². The van der Waals surface area contributed by atoms with Crippen molar-refractivity contribution in [2.75, 3.05) is 59.8 Å².